The molecule has 0 spiro atoms. The average Bonchev–Trinajstić information content (AvgIpc) is 3.12. The molecule has 284 valence electrons. The number of unbranched alkanes of at least 4 members (excludes halogenated alkanes) is 18. The van der Waals surface area contributed by atoms with E-state index < -0.39 is 11.9 Å². The number of carboxylic acid groups (broad SMARTS) is 2. The van der Waals surface area contributed by atoms with Gasteiger partial charge in [0.05, 0.1) is 0 Å². The summed E-state index contributed by atoms with van der Waals surface area (Å²) >= 11 is 0.149. The molecule has 0 unspecified atom stereocenters. The zero-order valence-corrected chi connectivity index (χ0v) is 35.9. The standard InChI is InChI=1S/C13H12.2C12H24O2.2C4H9.Sn/c1-3-7-12(8-4-1)11-13-9-5-2-6-10-13;2*1-2-3-4-5-6-7-8-9-10-11-12(13)14;2*1-3-4-2;/h1-10H,11H2;2*2-11H2,1H3,(H,13,14);2*1,3-4H2,2H3;/q;;;;;+2/p-2. The third kappa shape index (κ3) is 44.2. The predicted octanol–water partition coefficient (Wildman–Crippen LogP) is 11.7. The van der Waals surface area contributed by atoms with E-state index in [-0.39, 0.29) is 34.0 Å². The van der Waals surface area contributed by atoms with E-state index in [2.05, 4.69) is 88.4 Å². The van der Waals surface area contributed by atoms with Crippen LogP contribution in [-0.4, -0.2) is 33.1 Å². The van der Waals surface area contributed by atoms with Crippen LogP contribution in [0.25, 0.3) is 0 Å². The van der Waals surface area contributed by atoms with Gasteiger partial charge in [-0.05, 0) is 43.2 Å². The normalized spacial score (nSPS) is 10.0. The number of hydrogen-bond donors (Lipinski definition) is 0. The Kier molecular flexibility index (Phi) is 43.6. The third-order valence-electron chi connectivity index (χ3n) is 8.48. The summed E-state index contributed by atoms with van der Waals surface area (Å²) in [7, 11) is 0. The van der Waals surface area contributed by atoms with E-state index in [4.69, 9.17) is 0 Å². The molecule has 0 aromatic heterocycles. The summed E-state index contributed by atoms with van der Waals surface area (Å²) in [5, 5.41) is 20.2. The van der Waals surface area contributed by atoms with Crippen LogP contribution in [0.5, 0.6) is 0 Å². The molecule has 0 fully saturated rings. The van der Waals surface area contributed by atoms with Crippen molar-refractivity contribution in [3.8, 4) is 0 Å². The SMILES string of the molecule is CCCCCCCCCCCC(=O)[O-].CCCCCCCCCCCC(=O)[O-].CCC[CH2][Sn+2][CH2]CCC.c1ccc(Cc2ccccc2)cc1. The smallest absolute Gasteiger partial charge is 0.00258 e. The Morgan fingerprint density at radius 1 is 0.420 bits per heavy atom. The largest absolute Gasteiger partial charge is 0.0622 e. The quantitative estimate of drug-likeness (QED) is 0.0634. The maximum absolute atomic E-state index is 10.1. The summed E-state index contributed by atoms with van der Waals surface area (Å²) in [4.78, 5) is 20.2. The summed E-state index contributed by atoms with van der Waals surface area (Å²) in [5.41, 5.74) is 2.74. The maximum atomic E-state index is 10.1. The van der Waals surface area contributed by atoms with E-state index in [9.17, 15) is 19.8 Å². The molecule has 0 saturated heterocycles. The Labute approximate surface area is 320 Å². The van der Waals surface area contributed by atoms with Gasteiger partial charge < -0.3 is 19.8 Å². The second-order valence-electron chi connectivity index (χ2n) is 13.5. The minimum atomic E-state index is -0.909. The fourth-order valence-electron chi connectivity index (χ4n) is 5.32. The van der Waals surface area contributed by atoms with Gasteiger partial charge in [-0.15, -0.1) is 0 Å². The van der Waals surface area contributed by atoms with Gasteiger partial charge in [-0.1, -0.05) is 177 Å². The Morgan fingerprint density at radius 2 is 0.700 bits per heavy atom. The minimum Gasteiger partial charge on any atom is -0.0622 e. The average molecular weight is 800 g/mol. The van der Waals surface area contributed by atoms with Crippen molar-refractivity contribution >= 4 is 33.1 Å². The van der Waals surface area contributed by atoms with Gasteiger partial charge in [-0.25, -0.2) is 0 Å². The van der Waals surface area contributed by atoms with Crippen molar-refractivity contribution < 1.29 is 19.8 Å². The van der Waals surface area contributed by atoms with Crippen molar-refractivity contribution in [1.29, 1.82) is 0 Å². The molecule has 2 rings (SSSR count). The topological polar surface area (TPSA) is 80.3 Å². The Hall–Kier alpha value is -1.82. The van der Waals surface area contributed by atoms with E-state index >= 15 is 0 Å². The van der Waals surface area contributed by atoms with Crippen LogP contribution in [-0.2, 0) is 16.0 Å². The monoisotopic (exact) mass is 800 g/mol. The Bertz CT molecular complexity index is 859. The number of benzene rings is 2. The number of rotatable bonds is 28. The van der Waals surface area contributed by atoms with E-state index in [1.165, 1.54) is 127 Å². The first kappa shape index (κ1) is 50.3. The van der Waals surface area contributed by atoms with Gasteiger partial charge in [0.25, 0.3) is 0 Å². The van der Waals surface area contributed by atoms with Crippen molar-refractivity contribution in [2.24, 2.45) is 0 Å². The van der Waals surface area contributed by atoms with Crippen LogP contribution in [0.3, 0.4) is 0 Å². The molecule has 0 bridgehead atoms. The van der Waals surface area contributed by atoms with Gasteiger partial charge in [0, 0.05) is 11.9 Å². The summed E-state index contributed by atoms with van der Waals surface area (Å²) in [6.45, 7) is 9.03. The molecule has 50 heavy (non-hydrogen) atoms. The third-order valence-corrected chi connectivity index (χ3v) is 12.5. The van der Waals surface area contributed by atoms with Crippen molar-refractivity contribution in [2.45, 2.75) is 197 Å². The predicted molar refractivity (Wildman–Crippen MR) is 215 cm³/mol. The van der Waals surface area contributed by atoms with Gasteiger partial charge in [0.15, 0.2) is 0 Å². The first-order valence-electron chi connectivity index (χ1n) is 20.6. The molecule has 2 aromatic carbocycles. The molecule has 0 heterocycles. The molecule has 4 nitrogen and oxygen atoms in total. The Morgan fingerprint density at radius 3 is 0.980 bits per heavy atom. The van der Waals surface area contributed by atoms with Crippen LogP contribution >= 0.6 is 0 Å². The number of aliphatic carboxylic acids is 2. The number of carbonyl (C=O) groups is 2. The molecule has 5 heteroatoms. The van der Waals surface area contributed by atoms with Crippen LogP contribution in [0, 0.1) is 0 Å². The summed E-state index contributed by atoms with van der Waals surface area (Å²) in [6, 6.07) is 21.1. The van der Waals surface area contributed by atoms with Crippen molar-refractivity contribution in [2.75, 3.05) is 0 Å². The molecule has 0 aliphatic heterocycles. The summed E-state index contributed by atoms with van der Waals surface area (Å²) < 4.78 is 3.25. The van der Waals surface area contributed by atoms with Crippen LogP contribution in [0.2, 0.25) is 8.87 Å². The molecule has 0 N–H and O–H groups in total. The molecule has 0 radical (unpaired) electrons. The number of carbonyl (C=O) groups excluding carboxylic acids is 2. The van der Waals surface area contributed by atoms with Gasteiger partial charge in [0.2, 0.25) is 0 Å². The number of carboxylic acids is 2. The van der Waals surface area contributed by atoms with Crippen LogP contribution in [0.15, 0.2) is 60.7 Å². The molecule has 0 aliphatic rings. The van der Waals surface area contributed by atoms with E-state index in [0.29, 0.717) is 0 Å². The maximum Gasteiger partial charge on any atom is -0.00258 e. The fourth-order valence-corrected chi connectivity index (χ4v) is 9.47. The van der Waals surface area contributed by atoms with Crippen LogP contribution in [0.4, 0.5) is 0 Å². The zero-order valence-electron chi connectivity index (χ0n) is 33.0. The van der Waals surface area contributed by atoms with Crippen molar-refractivity contribution in [1.82, 2.24) is 0 Å². The second-order valence-corrected chi connectivity index (χ2v) is 17.8. The Balaban J connectivity index is 0. The molecular formula is C45H76O4Sn. The summed E-state index contributed by atoms with van der Waals surface area (Å²) in [5.74, 6) is -1.82. The second kappa shape index (κ2) is 43.3. The van der Waals surface area contributed by atoms with Crippen molar-refractivity contribution in [3.05, 3.63) is 71.8 Å². The molecule has 0 saturated carbocycles. The van der Waals surface area contributed by atoms with Gasteiger partial charge in [-0.3, -0.25) is 0 Å². The molecular weight excluding hydrogens is 723 g/mol. The fraction of sp³-hybridized carbons (Fsp3) is 0.689. The van der Waals surface area contributed by atoms with E-state index in [0.717, 1.165) is 32.1 Å². The first-order chi connectivity index (χ1) is 24.4. The summed E-state index contributed by atoms with van der Waals surface area (Å²) in [6.07, 6.45) is 29.2. The van der Waals surface area contributed by atoms with Crippen molar-refractivity contribution in [3.63, 3.8) is 0 Å². The minimum absolute atomic E-state index is 0.149. The van der Waals surface area contributed by atoms with Gasteiger partial charge in [-0.2, -0.15) is 0 Å². The van der Waals surface area contributed by atoms with Crippen LogP contribution < -0.4 is 10.2 Å². The molecule has 0 amide bonds. The number of hydrogen-bond acceptors (Lipinski definition) is 4. The van der Waals surface area contributed by atoms with Gasteiger partial charge >= 0.3 is 69.5 Å². The van der Waals surface area contributed by atoms with E-state index in [1.807, 2.05) is 0 Å². The first-order valence-corrected chi connectivity index (χ1v) is 24.6. The van der Waals surface area contributed by atoms with Gasteiger partial charge in [0.1, 0.15) is 0 Å². The molecule has 0 aliphatic carbocycles. The molecule has 0 atom stereocenters. The zero-order chi connectivity index (χ0) is 37.2. The molecule has 2 aromatic rings. The van der Waals surface area contributed by atoms with Crippen LogP contribution in [0.1, 0.15) is 193 Å². The van der Waals surface area contributed by atoms with E-state index in [1.54, 1.807) is 8.87 Å².